The molecule has 0 spiro atoms. The van der Waals surface area contributed by atoms with E-state index in [0.29, 0.717) is 12.1 Å². The Morgan fingerprint density at radius 2 is 1.80 bits per heavy atom. The zero-order chi connectivity index (χ0) is 25.6. The Hall–Kier alpha value is -3.15. The molecular formula is C22H21Cl2F3N6O2. The number of nitrogen functional groups attached to an aromatic ring is 1. The van der Waals surface area contributed by atoms with Gasteiger partial charge >= 0.3 is 6.18 Å². The minimum absolute atomic E-state index is 0.269. The number of nitrogens with two attached hydrogens (primary N) is 1. The lowest BCUT2D eigenvalue weighted by molar-refractivity contribution is -0.137. The molecule has 1 saturated heterocycles. The first-order chi connectivity index (χ1) is 16.6. The number of piperidine rings is 1. The predicted molar refractivity (Wildman–Crippen MR) is 128 cm³/mol. The van der Waals surface area contributed by atoms with Gasteiger partial charge in [0.1, 0.15) is 17.7 Å². The number of carbonyl (C=O) groups excluding carboxylic acids is 1. The maximum absolute atomic E-state index is 12.9. The summed E-state index contributed by atoms with van der Waals surface area (Å²) in [5.74, 6) is -1.27. The molecule has 0 atom stereocenters. The van der Waals surface area contributed by atoms with Crippen LogP contribution >= 0.6 is 23.2 Å². The summed E-state index contributed by atoms with van der Waals surface area (Å²) in [7, 11) is 0. The normalized spacial score (nSPS) is 13.5. The highest BCUT2D eigenvalue weighted by atomic mass is 35.5. The molecule has 0 bridgehead atoms. The van der Waals surface area contributed by atoms with Gasteiger partial charge in [-0.05, 0) is 50.2 Å². The molecule has 1 aromatic carbocycles. The van der Waals surface area contributed by atoms with Gasteiger partial charge < -0.3 is 16.4 Å². The number of alkyl halides is 3. The highest BCUT2D eigenvalue weighted by Gasteiger charge is 2.32. The van der Waals surface area contributed by atoms with Crippen LogP contribution in [0.15, 0.2) is 47.8 Å². The monoisotopic (exact) mass is 528 g/mol. The van der Waals surface area contributed by atoms with Crippen molar-refractivity contribution in [2.45, 2.75) is 25.4 Å². The van der Waals surface area contributed by atoms with Crippen molar-refractivity contribution in [3.05, 3.63) is 74.5 Å². The third-order valence-corrected chi connectivity index (χ3v) is 5.52. The summed E-state index contributed by atoms with van der Waals surface area (Å²) in [6.45, 7) is 2.50. The molecule has 1 fully saturated rings. The molecule has 186 valence electrons. The van der Waals surface area contributed by atoms with Gasteiger partial charge in [0.15, 0.2) is 0 Å². The average molecular weight is 529 g/mol. The van der Waals surface area contributed by atoms with Gasteiger partial charge in [0, 0.05) is 6.20 Å². The molecule has 4 rings (SSSR count). The van der Waals surface area contributed by atoms with Crippen molar-refractivity contribution >= 4 is 40.6 Å². The summed E-state index contributed by atoms with van der Waals surface area (Å²) in [6, 6.07) is 4.31. The smallest absolute Gasteiger partial charge is 0.383 e. The van der Waals surface area contributed by atoms with Gasteiger partial charge in [-0.1, -0.05) is 29.6 Å². The number of benzene rings is 1. The number of aromatic nitrogens is 3. The molecule has 13 heteroatoms. The Balaban J connectivity index is 0.000000497. The van der Waals surface area contributed by atoms with Crippen LogP contribution in [0.25, 0.3) is 5.69 Å². The van der Waals surface area contributed by atoms with Crippen LogP contribution in [0.3, 0.4) is 0 Å². The van der Waals surface area contributed by atoms with Crippen LogP contribution in [0.2, 0.25) is 10.0 Å². The van der Waals surface area contributed by atoms with Crippen molar-refractivity contribution in [3.63, 3.8) is 0 Å². The van der Waals surface area contributed by atoms with E-state index in [2.05, 4.69) is 20.6 Å². The van der Waals surface area contributed by atoms with Gasteiger partial charge in [-0.15, -0.1) is 0 Å². The Morgan fingerprint density at radius 1 is 1.14 bits per heavy atom. The second-order valence-corrected chi connectivity index (χ2v) is 8.29. The molecule has 0 radical (unpaired) electrons. The van der Waals surface area contributed by atoms with Gasteiger partial charge in [0.2, 0.25) is 0 Å². The van der Waals surface area contributed by atoms with Gasteiger partial charge in [-0.3, -0.25) is 19.1 Å². The zero-order valence-corrected chi connectivity index (χ0v) is 19.7. The summed E-state index contributed by atoms with van der Waals surface area (Å²) in [5.41, 5.74) is 3.08. The third kappa shape index (κ3) is 6.71. The first-order valence-electron chi connectivity index (χ1n) is 10.5. The number of hydrogen-bond donors (Lipinski definition) is 3. The van der Waals surface area contributed by atoms with Crippen LogP contribution in [0.1, 0.15) is 35.2 Å². The number of anilines is 2. The lowest BCUT2D eigenvalue weighted by Gasteiger charge is -2.15. The average Bonchev–Trinajstić information content (AvgIpc) is 2.81. The number of rotatable bonds is 3. The second kappa shape index (κ2) is 11.5. The van der Waals surface area contributed by atoms with Crippen LogP contribution in [0, 0.1) is 0 Å². The van der Waals surface area contributed by atoms with Gasteiger partial charge in [0.05, 0.1) is 33.2 Å². The summed E-state index contributed by atoms with van der Waals surface area (Å²) in [4.78, 5) is 32.9. The molecule has 1 aliphatic heterocycles. The Bertz CT molecular complexity index is 1210. The van der Waals surface area contributed by atoms with Crippen molar-refractivity contribution in [1.29, 1.82) is 0 Å². The Labute approximate surface area is 208 Å². The van der Waals surface area contributed by atoms with Crippen LogP contribution < -0.4 is 21.9 Å². The summed E-state index contributed by atoms with van der Waals surface area (Å²) in [6.07, 6.45) is 3.26. The lowest BCUT2D eigenvalue weighted by atomic mass is 10.2. The lowest BCUT2D eigenvalue weighted by Crippen LogP contribution is -2.31. The maximum Gasteiger partial charge on any atom is 0.416 e. The molecule has 4 N–H and O–H groups in total. The van der Waals surface area contributed by atoms with Crippen molar-refractivity contribution in [1.82, 2.24) is 19.9 Å². The summed E-state index contributed by atoms with van der Waals surface area (Å²) >= 11 is 11.9. The molecule has 0 unspecified atom stereocenters. The number of amides is 1. The van der Waals surface area contributed by atoms with E-state index in [1.165, 1.54) is 50.8 Å². The van der Waals surface area contributed by atoms with Crippen molar-refractivity contribution in [3.8, 4) is 5.69 Å². The van der Waals surface area contributed by atoms with E-state index >= 15 is 0 Å². The zero-order valence-electron chi connectivity index (χ0n) is 18.2. The predicted octanol–water partition coefficient (Wildman–Crippen LogP) is 4.55. The second-order valence-electron chi connectivity index (χ2n) is 7.47. The summed E-state index contributed by atoms with van der Waals surface area (Å²) in [5, 5.41) is 4.79. The molecule has 0 saturated carbocycles. The van der Waals surface area contributed by atoms with Crippen LogP contribution in [0.5, 0.6) is 0 Å². The number of hydrogen-bond acceptors (Lipinski definition) is 6. The minimum atomic E-state index is -4.69. The van der Waals surface area contributed by atoms with Crippen LogP contribution in [-0.4, -0.2) is 33.5 Å². The number of nitrogens with zero attached hydrogens (tertiary/aromatic N) is 3. The van der Waals surface area contributed by atoms with E-state index in [1.807, 2.05) is 0 Å². The number of pyridine rings is 1. The molecule has 3 heterocycles. The molecule has 0 aliphatic carbocycles. The van der Waals surface area contributed by atoms with E-state index in [0.717, 1.165) is 10.9 Å². The van der Waals surface area contributed by atoms with Gasteiger partial charge in [-0.2, -0.15) is 13.2 Å². The van der Waals surface area contributed by atoms with E-state index in [1.54, 1.807) is 6.07 Å². The van der Waals surface area contributed by atoms with Gasteiger partial charge in [0.25, 0.3) is 11.5 Å². The van der Waals surface area contributed by atoms with E-state index in [-0.39, 0.29) is 17.2 Å². The topological polar surface area (TPSA) is 115 Å². The molecular weight excluding hydrogens is 508 g/mol. The van der Waals surface area contributed by atoms with E-state index in [4.69, 9.17) is 28.9 Å². The molecule has 3 aromatic rings. The first kappa shape index (κ1) is 26.5. The highest BCUT2D eigenvalue weighted by molar-refractivity contribution is 6.37. The molecule has 1 aliphatic rings. The first-order valence-corrected chi connectivity index (χ1v) is 11.2. The fraction of sp³-hybridized carbons (Fsp3) is 0.273. The van der Waals surface area contributed by atoms with Gasteiger partial charge in [-0.25, -0.2) is 4.98 Å². The number of nitrogens with one attached hydrogen (secondary N) is 2. The standard InChI is InChI=1S/C17H10Cl2F3N5O2.C5H11N/c18-10-4-8(17(20,21)22)5-11(19)13(10)27-7-25-14(23)12(16(27)29)15(28)26-9-2-1-3-24-6-9;1-2-4-6-5-3-1/h1-7H,23H2,(H,26,28);6H,1-5H2. The Kier molecular flexibility index (Phi) is 8.71. The highest BCUT2D eigenvalue weighted by Crippen LogP contribution is 2.37. The minimum Gasteiger partial charge on any atom is -0.383 e. The molecule has 35 heavy (non-hydrogen) atoms. The van der Waals surface area contributed by atoms with Crippen molar-refractivity contribution in [2.24, 2.45) is 0 Å². The van der Waals surface area contributed by atoms with Crippen LogP contribution in [0.4, 0.5) is 24.7 Å². The maximum atomic E-state index is 12.9. The largest absolute Gasteiger partial charge is 0.416 e. The SMILES string of the molecule is C1CCNCC1.Nc1ncn(-c2c(Cl)cc(C(F)(F)F)cc2Cl)c(=O)c1C(=O)Nc1cccnc1. The van der Waals surface area contributed by atoms with E-state index in [9.17, 15) is 22.8 Å². The molecule has 2 aromatic heterocycles. The number of carbonyl (C=O) groups is 1. The van der Waals surface area contributed by atoms with Crippen LogP contribution in [-0.2, 0) is 6.18 Å². The summed E-state index contributed by atoms with van der Waals surface area (Å²) < 4.78 is 39.5. The quantitative estimate of drug-likeness (QED) is 0.459. The fourth-order valence-electron chi connectivity index (χ4n) is 3.23. The molecule has 8 nitrogen and oxygen atoms in total. The fourth-order valence-corrected chi connectivity index (χ4v) is 3.90. The van der Waals surface area contributed by atoms with Crippen molar-refractivity contribution in [2.75, 3.05) is 24.1 Å². The van der Waals surface area contributed by atoms with Crippen molar-refractivity contribution < 1.29 is 18.0 Å². The number of halogens is 5. The Morgan fingerprint density at radius 3 is 2.29 bits per heavy atom. The molecule has 1 amide bonds. The van der Waals surface area contributed by atoms with E-state index < -0.39 is 38.8 Å². The third-order valence-electron chi connectivity index (χ3n) is 4.94.